The Morgan fingerprint density at radius 1 is 0.288 bits per heavy atom. The number of rotatable bonds is 5. The van der Waals surface area contributed by atoms with Crippen LogP contribution in [0.1, 0.15) is 0 Å². The fourth-order valence-electron chi connectivity index (χ4n) is 9.34. The van der Waals surface area contributed by atoms with Crippen LogP contribution in [0, 0.1) is 0 Å². The number of nitrogens with zero attached hydrogens (tertiary/aromatic N) is 2. The van der Waals surface area contributed by atoms with Crippen molar-refractivity contribution in [1.82, 2.24) is 9.55 Å². The van der Waals surface area contributed by atoms with Gasteiger partial charge in [-0.2, -0.15) is 0 Å². The fourth-order valence-corrected chi connectivity index (χ4v) is 9.34. The summed E-state index contributed by atoms with van der Waals surface area (Å²) < 4.78 is 2.33. The number of benzene rings is 11. The minimum absolute atomic E-state index is 0.934. The summed E-state index contributed by atoms with van der Waals surface area (Å²) in [6.45, 7) is 0. The summed E-state index contributed by atoms with van der Waals surface area (Å²) in [5, 5.41) is 12.3. The van der Waals surface area contributed by atoms with Crippen LogP contribution in [0.2, 0.25) is 0 Å². The normalized spacial score (nSPS) is 11.7. The van der Waals surface area contributed by atoms with Crippen molar-refractivity contribution < 1.29 is 0 Å². The van der Waals surface area contributed by atoms with Gasteiger partial charge in [0.2, 0.25) is 0 Å². The van der Waals surface area contributed by atoms with Crippen LogP contribution >= 0.6 is 0 Å². The predicted molar refractivity (Wildman–Crippen MR) is 250 cm³/mol. The maximum absolute atomic E-state index is 5.22. The molecule has 0 spiro atoms. The van der Waals surface area contributed by atoms with Gasteiger partial charge in [-0.25, -0.2) is 4.98 Å². The van der Waals surface area contributed by atoms with Crippen molar-refractivity contribution >= 4 is 64.9 Å². The molecular formula is C57H36N2. The minimum atomic E-state index is 0.934. The van der Waals surface area contributed by atoms with E-state index in [1.165, 1.54) is 81.7 Å². The molecule has 0 unspecified atom stereocenters. The second kappa shape index (κ2) is 13.4. The van der Waals surface area contributed by atoms with Gasteiger partial charge in [-0.05, 0) is 118 Å². The summed E-state index contributed by atoms with van der Waals surface area (Å²) in [4.78, 5) is 5.22. The summed E-state index contributed by atoms with van der Waals surface area (Å²) in [5.74, 6) is 0.934. The zero-order chi connectivity index (χ0) is 38.9. The first-order valence-corrected chi connectivity index (χ1v) is 20.3. The second-order valence-corrected chi connectivity index (χ2v) is 15.5. The van der Waals surface area contributed by atoms with Crippen molar-refractivity contribution in [1.29, 1.82) is 0 Å². The van der Waals surface area contributed by atoms with Crippen molar-refractivity contribution in [3.63, 3.8) is 0 Å². The van der Waals surface area contributed by atoms with Crippen LogP contribution in [0.3, 0.4) is 0 Å². The van der Waals surface area contributed by atoms with E-state index in [0.29, 0.717) is 0 Å². The average molecular weight is 749 g/mol. The lowest BCUT2D eigenvalue weighted by Gasteiger charge is -2.19. The topological polar surface area (TPSA) is 17.8 Å². The van der Waals surface area contributed by atoms with Crippen LogP contribution in [-0.2, 0) is 0 Å². The maximum atomic E-state index is 5.22. The van der Waals surface area contributed by atoms with E-state index in [9.17, 15) is 0 Å². The zero-order valence-corrected chi connectivity index (χ0v) is 32.2. The number of fused-ring (bicyclic) bond motifs is 7. The molecule has 1 aromatic heterocycles. The number of imidazole rings is 1. The molecule has 0 atom stereocenters. The van der Waals surface area contributed by atoms with Gasteiger partial charge >= 0.3 is 0 Å². The van der Waals surface area contributed by atoms with E-state index >= 15 is 0 Å². The summed E-state index contributed by atoms with van der Waals surface area (Å²) in [6.07, 6.45) is 0. The highest BCUT2D eigenvalue weighted by atomic mass is 15.1. The molecule has 59 heavy (non-hydrogen) atoms. The highest BCUT2D eigenvalue weighted by molar-refractivity contribution is 6.22. The summed E-state index contributed by atoms with van der Waals surface area (Å²) in [7, 11) is 0. The predicted octanol–water partition coefficient (Wildman–Crippen LogP) is 15.5. The third-order valence-electron chi connectivity index (χ3n) is 12.1. The highest BCUT2D eigenvalue weighted by Crippen LogP contribution is 2.46. The third kappa shape index (κ3) is 5.45. The first-order valence-electron chi connectivity index (χ1n) is 20.3. The Morgan fingerprint density at radius 3 is 1.44 bits per heavy atom. The average Bonchev–Trinajstić information content (AvgIpc) is 3.71. The lowest BCUT2D eigenvalue weighted by atomic mass is 9.84. The fraction of sp³-hybridized carbons (Fsp3) is 0. The van der Waals surface area contributed by atoms with Crippen LogP contribution < -0.4 is 0 Å². The molecular weight excluding hydrogens is 713 g/mol. The molecule has 0 aliphatic heterocycles. The van der Waals surface area contributed by atoms with Gasteiger partial charge in [0.25, 0.3) is 0 Å². The molecule has 0 bridgehead atoms. The smallest absolute Gasteiger partial charge is 0.145 e. The van der Waals surface area contributed by atoms with Gasteiger partial charge in [0.1, 0.15) is 5.82 Å². The molecule has 0 fully saturated rings. The summed E-state index contributed by atoms with van der Waals surface area (Å²) in [5.41, 5.74) is 11.6. The first kappa shape index (κ1) is 33.3. The van der Waals surface area contributed by atoms with Crippen molar-refractivity contribution in [2.24, 2.45) is 0 Å². The molecule has 0 saturated heterocycles. The van der Waals surface area contributed by atoms with Gasteiger partial charge < -0.3 is 0 Å². The van der Waals surface area contributed by atoms with E-state index in [-0.39, 0.29) is 0 Å². The highest BCUT2D eigenvalue weighted by Gasteiger charge is 2.20. The molecule has 0 saturated carbocycles. The lowest BCUT2D eigenvalue weighted by Crippen LogP contribution is -1.98. The van der Waals surface area contributed by atoms with Crippen LogP contribution in [0.5, 0.6) is 0 Å². The Kier molecular flexibility index (Phi) is 7.57. The molecule has 274 valence electrons. The van der Waals surface area contributed by atoms with Crippen molar-refractivity contribution in [3.8, 4) is 50.5 Å². The standard InChI is InChI=1S/C57H36N2/c1-2-15-41(16-3-1)57-58-53-33-29-40-14-8-9-19-48(40)56(53)59(57)47-30-26-39(27-31-47)44-28-32-51-52(36-44)55(46-25-23-38-13-5-7-18-43(38)35-46)50-21-11-10-20-49(50)54(51)45-24-22-37-12-4-6-17-42(37)34-45/h1-36H. The second-order valence-electron chi connectivity index (χ2n) is 15.5. The number of hydrogen-bond acceptors (Lipinski definition) is 1. The molecule has 0 N–H and O–H groups in total. The summed E-state index contributed by atoms with van der Waals surface area (Å²) >= 11 is 0. The van der Waals surface area contributed by atoms with Crippen molar-refractivity contribution in [2.45, 2.75) is 0 Å². The number of hydrogen-bond donors (Lipinski definition) is 0. The summed E-state index contributed by atoms with van der Waals surface area (Å²) in [6, 6.07) is 79.6. The van der Waals surface area contributed by atoms with E-state index < -0.39 is 0 Å². The molecule has 2 nitrogen and oxygen atoms in total. The minimum Gasteiger partial charge on any atom is -0.292 e. The Balaban J connectivity index is 1.08. The maximum Gasteiger partial charge on any atom is 0.145 e. The third-order valence-corrected chi connectivity index (χ3v) is 12.1. The Labute approximate surface area is 341 Å². The van der Waals surface area contributed by atoms with Gasteiger partial charge in [-0.15, -0.1) is 0 Å². The molecule has 0 aliphatic rings. The molecule has 2 heteroatoms. The van der Waals surface area contributed by atoms with E-state index in [4.69, 9.17) is 4.98 Å². The SMILES string of the molecule is c1ccc(-c2nc3ccc4ccccc4c3n2-c2ccc(-c3ccc4c(-c5ccc6ccccc6c5)c5ccccc5c(-c5ccc6ccccc6c5)c4c3)cc2)cc1. The molecule has 12 aromatic rings. The first-order chi connectivity index (χ1) is 29.2. The van der Waals surface area contributed by atoms with Gasteiger partial charge in [0.05, 0.1) is 11.0 Å². The Bertz CT molecular complexity index is 3600. The van der Waals surface area contributed by atoms with E-state index in [1.54, 1.807) is 0 Å². The quantitative estimate of drug-likeness (QED) is 0.160. The number of aromatic nitrogens is 2. The lowest BCUT2D eigenvalue weighted by molar-refractivity contribution is 1.11. The van der Waals surface area contributed by atoms with E-state index in [0.717, 1.165) is 33.7 Å². The van der Waals surface area contributed by atoms with Crippen molar-refractivity contribution in [3.05, 3.63) is 218 Å². The van der Waals surface area contributed by atoms with Crippen molar-refractivity contribution in [2.75, 3.05) is 0 Å². The zero-order valence-electron chi connectivity index (χ0n) is 32.2. The van der Waals surface area contributed by atoms with E-state index in [1.807, 2.05) is 0 Å². The molecule has 0 aliphatic carbocycles. The van der Waals surface area contributed by atoms with Crippen LogP contribution in [-0.4, -0.2) is 9.55 Å². The molecule has 1 heterocycles. The monoisotopic (exact) mass is 748 g/mol. The van der Waals surface area contributed by atoms with Gasteiger partial charge in [-0.1, -0.05) is 182 Å². The van der Waals surface area contributed by atoms with E-state index in [2.05, 4.69) is 223 Å². The molecule has 11 aromatic carbocycles. The van der Waals surface area contributed by atoms with Crippen LogP contribution in [0.15, 0.2) is 218 Å². The Morgan fingerprint density at radius 2 is 0.780 bits per heavy atom. The molecule has 0 amide bonds. The Hall–Kier alpha value is -7.81. The molecule has 0 radical (unpaired) electrons. The van der Waals surface area contributed by atoms with Crippen LogP contribution in [0.25, 0.3) is 115 Å². The largest absolute Gasteiger partial charge is 0.292 e. The van der Waals surface area contributed by atoms with Gasteiger partial charge in [0, 0.05) is 16.6 Å². The van der Waals surface area contributed by atoms with Gasteiger partial charge in [-0.3, -0.25) is 4.57 Å². The molecule has 12 rings (SSSR count). The van der Waals surface area contributed by atoms with Gasteiger partial charge in [0.15, 0.2) is 0 Å². The van der Waals surface area contributed by atoms with Crippen LogP contribution in [0.4, 0.5) is 0 Å².